The van der Waals surface area contributed by atoms with Crippen LogP contribution in [0.15, 0.2) is 15.5 Å². The van der Waals surface area contributed by atoms with Gasteiger partial charge in [0.05, 0.1) is 31.9 Å². The number of carbonyl (C=O) groups is 1. The summed E-state index contributed by atoms with van der Waals surface area (Å²) in [6, 6.07) is 1.36. The molecule has 168 valence electrons. The number of rotatable bonds is 6. The molecule has 2 aliphatic carbocycles. The number of aromatic nitrogens is 3. The number of hydrogen-bond donors (Lipinski definition) is 3. The van der Waals surface area contributed by atoms with Crippen molar-refractivity contribution in [2.24, 2.45) is 9.50 Å². The summed E-state index contributed by atoms with van der Waals surface area (Å²) in [4.78, 5) is 17.8. The van der Waals surface area contributed by atoms with Crippen LogP contribution in [0.1, 0.15) is 60.5 Å². The fourth-order valence-electron chi connectivity index (χ4n) is 4.67. The van der Waals surface area contributed by atoms with Gasteiger partial charge in [-0.2, -0.15) is 5.10 Å². The van der Waals surface area contributed by atoms with Crippen LogP contribution in [0.4, 0.5) is 0 Å². The van der Waals surface area contributed by atoms with E-state index in [4.69, 9.17) is 15.2 Å². The van der Waals surface area contributed by atoms with E-state index in [9.17, 15) is 14.1 Å². The molecule has 1 atom stereocenters. The minimum absolute atomic E-state index is 0.0243. The van der Waals surface area contributed by atoms with Crippen LogP contribution < -0.4 is 5.14 Å². The quantitative estimate of drug-likeness (QED) is 0.601. The number of carbonyl (C=O) groups excluding carboxylic acids is 1. The smallest absolute Gasteiger partial charge is 0.259 e. The molecule has 0 aromatic carbocycles. The standard InChI is InChI=1S/C21H29N5O4S/c1-21(2)7-6-15-16(14-4-3-5-17(14)23-20(15)21)11-18(29)25-31(22,30)19-10-13(12-28)26(24-19)8-9-27/h10,27-28H,3-9,11-12H2,1-2H3,(H2,22,25,29,30). The predicted molar refractivity (Wildman–Crippen MR) is 115 cm³/mol. The number of aliphatic hydroxyl groups is 2. The summed E-state index contributed by atoms with van der Waals surface area (Å²) in [7, 11) is -3.58. The van der Waals surface area contributed by atoms with E-state index >= 15 is 0 Å². The molecule has 0 aliphatic heterocycles. The Kier molecular flexibility index (Phi) is 5.76. The van der Waals surface area contributed by atoms with Gasteiger partial charge in [-0.15, -0.1) is 4.36 Å². The molecule has 4 rings (SSSR count). The molecule has 1 amide bonds. The van der Waals surface area contributed by atoms with Crippen molar-refractivity contribution < 1.29 is 19.2 Å². The Bertz CT molecular complexity index is 1160. The average molecular weight is 448 g/mol. The Morgan fingerprint density at radius 2 is 2.06 bits per heavy atom. The van der Waals surface area contributed by atoms with Gasteiger partial charge in [0, 0.05) is 22.9 Å². The van der Waals surface area contributed by atoms with Gasteiger partial charge in [-0.1, -0.05) is 13.8 Å². The van der Waals surface area contributed by atoms with Crippen molar-refractivity contribution in [3.63, 3.8) is 0 Å². The van der Waals surface area contributed by atoms with E-state index in [0.717, 1.165) is 60.2 Å². The fraction of sp³-hybridized carbons (Fsp3) is 0.571. The maximum atomic E-state index is 13.0. The van der Waals surface area contributed by atoms with Gasteiger partial charge in [-0.25, -0.2) is 9.35 Å². The van der Waals surface area contributed by atoms with Crippen LogP contribution in [0.3, 0.4) is 0 Å². The lowest BCUT2D eigenvalue weighted by atomic mass is 9.89. The molecule has 10 heteroatoms. The first-order valence-corrected chi connectivity index (χ1v) is 12.1. The summed E-state index contributed by atoms with van der Waals surface area (Å²) < 4.78 is 18.2. The van der Waals surface area contributed by atoms with E-state index in [1.165, 1.54) is 10.7 Å². The summed E-state index contributed by atoms with van der Waals surface area (Å²) in [6.07, 6.45) is 4.72. The fourth-order valence-corrected chi connectivity index (χ4v) is 5.65. The topological polar surface area (TPSA) is 144 Å². The van der Waals surface area contributed by atoms with Crippen molar-refractivity contribution in [2.45, 2.75) is 76.0 Å². The van der Waals surface area contributed by atoms with Crippen molar-refractivity contribution in [1.29, 1.82) is 0 Å². The molecule has 2 aromatic heterocycles. The lowest BCUT2D eigenvalue weighted by Gasteiger charge is -2.20. The van der Waals surface area contributed by atoms with Crippen molar-refractivity contribution >= 4 is 15.8 Å². The van der Waals surface area contributed by atoms with Gasteiger partial charge < -0.3 is 10.2 Å². The average Bonchev–Trinajstić information content (AvgIpc) is 3.39. The van der Waals surface area contributed by atoms with Gasteiger partial charge in [-0.3, -0.25) is 14.5 Å². The molecule has 0 saturated heterocycles. The van der Waals surface area contributed by atoms with Crippen molar-refractivity contribution in [3.8, 4) is 0 Å². The Balaban J connectivity index is 1.68. The Morgan fingerprint density at radius 3 is 2.77 bits per heavy atom. The number of nitrogens with two attached hydrogens (primary N) is 1. The highest BCUT2D eigenvalue weighted by molar-refractivity contribution is 7.91. The minimum Gasteiger partial charge on any atom is -0.394 e. The Labute approximate surface area is 182 Å². The number of aryl methyl sites for hydroxylation is 1. The normalized spacial score (nSPS) is 18.5. The lowest BCUT2D eigenvalue weighted by molar-refractivity contribution is -0.117. The lowest BCUT2D eigenvalue weighted by Crippen LogP contribution is -2.19. The SMILES string of the molecule is CC1(C)CCc2c1nc1c(c2CC(=O)N=S(N)(=O)c2cc(CO)n(CCO)n2)CCC1. The van der Waals surface area contributed by atoms with Crippen molar-refractivity contribution in [3.05, 3.63) is 39.8 Å². The number of hydrogen-bond acceptors (Lipinski definition) is 6. The number of pyridine rings is 1. The summed E-state index contributed by atoms with van der Waals surface area (Å²) in [5.74, 6) is -0.554. The van der Waals surface area contributed by atoms with Crippen LogP contribution in [-0.4, -0.2) is 41.7 Å². The van der Waals surface area contributed by atoms with E-state index in [1.54, 1.807) is 0 Å². The Morgan fingerprint density at radius 1 is 1.29 bits per heavy atom. The van der Waals surface area contributed by atoms with Gasteiger partial charge in [0.1, 0.15) is 0 Å². The van der Waals surface area contributed by atoms with Crippen LogP contribution in [0.25, 0.3) is 0 Å². The van der Waals surface area contributed by atoms with E-state index in [-0.39, 0.29) is 36.6 Å². The highest BCUT2D eigenvalue weighted by Crippen LogP contribution is 2.42. The van der Waals surface area contributed by atoms with Crippen molar-refractivity contribution in [1.82, 2.24) is 14.8 Å². The third kappa shape index (κ3) is 4.05. The summed E-state index contributed by atoms with van der Waals surface area (Å²) in [6.45, 7) is 3.91. The highest BCUT2D eigenvalue weighted by Gasteiger charge is 2.36. The zero-order chi connectivity index (χ0) is 22.4. The van der Waals surface area contributed by atoms with Crippen LogP contribution in [-0.2, 0) is 59.0 Å². The van der Waals surface area contributed by atoms with Crippen molar-refractivity contribution in [2.75, 3.05) is 6.61 Å². The molecule has 0 bridgehead atoms. The van der Waals surface area contributed by atoms with Crippen LogP contribution >= 0.6 is 0 Å². The van der Waals surface area contributed by atoms with Gasteiger partial charge in [0.2, 0.25) is 0 Å². The second-order valence-electron chi connectivity index (χ2n) is 8.89. The first-order chi connectivity index (χ1) is 14.7. The minimum atomic E-state index is -3.58. The third-order valence-electron chi connectivity index (χ3n) is 6.27. The van der Waals surface area contributed by atoms with E-state index in [2.05, 4.69) is 23.3 Å². The van der Waals surface area contributed by atoms with Gasteiger partial charge in [0.15, 0.2) is 14.9 Å². The zero-order valence-electron chi connectivity index (χ0n) is 17.9. The molecule has 1 unspecified atom stereocenters. The maximum absolute atomic E-state index is 13.0. The number of amides is 1. The second kappa shape index (κ2) is 8.09. The van der Waals surface area contributed by atoms with Crippen LogP contribution in [0.2, 0.25) is 0 Å². The molecular weight excluding hydrogens is 418 g/mol. The molecule has 2 heterocycles. The molecule has 2 aromatic rings. The third-order valence-corrected chi connectivity index (χ3v) is 7.54. The molecule has 4 N–H and O–H groups in total. The van der Waals surface area contributed by atoms with E-state index in [1.807, 2.05) is 0 Å². The second-order valence-corrected chi connectivity index (χ2v) is 10.6. The molecule has 2 aliphatic rings. The summed E-state index contributed by atoms with van der Waals surface area (Å²) in [5, 5.41) is 28.5. The predicted octanol–water partition coefficient (Wildman–Crippen LogP) is 0.945. The molecule has 0 radical (unpaired) electrons. The molecule has 0 saturated carbocycles. The largest absolute Gasteiger partial charge is 0.394 e. The van der Waals surface area contributed by atoms with Crippen LogP contribution in [0.5, 0.6) is 0 Å². The Hall–Kier alpha value is -2.14. The highest BCUT2D eigenvalue weighted by atomic mass is 32.2. The molecular formula is C21H29N5O4S. The summed E-state index contributed by atoms with van der Waals surface area (Å²) in [5.41, 5.74) is 5.71. The first kappa shape index (κ1) is 22.1. The van der Waals surface area contributed by atoms with Gasteiger partial charge >= 0.3 is 0 Å². The number of aliphatic hydroxyl groups excluding tert-OH is 2. The molecule has 9 nitrogen and oxygen atoms in total. The first-order valence-electron chi connectivity index (χ1n) is 10.6. The van der Waals surface area contributed by atoms with Gasteiger partial charge in [0.25, 0.3) is 5.91 Å². The maximum Gasteiger partial charge on any atom is 0.259 e. The molecule has 31 heavy (non-hydrogen) atoms. The van der Waals surface area contributed by atoms with E-state index in [0.29, 0.717) is 5.69 Å². The number of nitrogens with zero attached hydrogens (tertiary/aromatic N) is 4. The number of fused-ring (bicyclic) bond motifs is 2. The van der Waals surface area contributed by atoms with E-state index < -0.39 is 15.8 Å². The summed E-state index contributed by atoms with van der Waals surface area (Å²) >= 11 is 0. The molecule has 0 spiro atoms. The van der Waals surface area contributed by atoms with Gasteiger partial charge in [-0.05, 0) is 48.8 Å². The van der Waals surface area contributed by atoms with Crippen LogP contribution in [0, 0.1) is 0 Å². The molecule has 0 fully saturated rings. The zero-order valence-corrected chi connectivity index (χ0v) is 18.7. The monoisotopic (exact) mass is 447 g/mol.